The Hall–Kier alpha value is -1.23. The van der Waals surface area contributed by atoms with Crippen molar-refractivity contribution < 1.29 is 38.0 Å². The predicted molar refractivity (Wildman–Crippen MR) is 93.4 cm³/mol. The van der Waals surface area contributed by atoms with E-state index in [1.54, 1.807) is 6.08 Å². The summed E-state index contributed by atoms with van der Waals surface area (Å²) in [7, 11) is 0. The number of ether oxygens (including phenoxy) is 7. The van der Waals surface area contributed by atoms with Gasteiger partial charge in [-0.1, -0.05) is 6.08 Å². The van der Waals surface area contributed by atoms with Crippen molar-refractivity contribution in [3.63, 3.8) is 0 Å². The van der Waals surface area contributed by atoms with Crippen LogP contribution in [0.5, 0.6) is 0 Å². The van der Waals surface area contributed by atoms with Crippen LogP contribution in [-0.2, 0) is 33.2 Å². The fraction of sp³-hybridized carbons (Fsp3) is 0.824. The van der Waals surface area contributed by atoms with E-state index in [9.17, 15) is 4.79 Å². The lowest BCUT2D eigenvalue weighted by molar-refractivity contribution is -0.0753. The molecule has 1 rings (SSSR count). The second-order valence-corrected chi connectivity index (χ2v) is 5.29. The van der Waals surface area contributed by atoms with Crippen LogP contribution < -0.4 is 5.32 Å². The van der Waals surface area contributed by atoms with E-state index in [1.165, 1.54) is 0 Å². The lowest BCUT2D eigenvalue weighted by atomic mass is 10.4. The van der Waals surface area contributed by atoms with E-state index in [0.717, 1.165) is 0 Å². The molecule has 0 saturated carbocycles. The van der Waals surface area contributed by atoms with Gasteiger partial charge in [0.25, 0.3) is 0 Å². The van der Waals surface area contributed by atoms with Crippen LogP contribution in [0.1, 0.15) is 0 Å². The van der Waals surface area contributed by atoms with Gasteiger partial charge in [0.1, 0.15) is 12.7 Å². The van der Waals surface area contributed by atoms with Gasteiger partial charge in [-0.3, -0.25) is 0 Å². The molecule has 0 spiro atoms. The number of carbonyl (C=O) groups excluding carboxylic acids is 1. The summed E-state index contributed by atoms with van der Waals surface area (Å²) < 4.78 is 37.9. The van der Waals surface area contributed by atoms with E-state index < -0.39 is 6.09 Å². The number of rotatable bonds is 4. The molecular weight excluding hydrogens is 346 g/mol. The van der Waals surface area contributed by atoms with Crippen molar-refractivity contribution in [2.45, 2.75) is 6.10 Å². The second-order valence-electron chi connectivity index (χ2n) is 5.29. The van der Waals surface area contributed by atoms with Crippen molar-refractivity contribution in [1.29, 1.82) is 0 Å². The molecule has 1 saturated heterocycles. The largest absolute Gasteiger partial charge is 0.447 e. The van der Waals surface area contributed by atoms with Crippen LogP contribution in [0.15, 0.2) is 12.7 Å². The molecule has 0 aromatic rings. The molecule has 1 aliphatic heterocycles. The molecule has 9 nitrogen and oxygen atoms in total. The molecule has 1 unspecified atom stereocenters. The van der Waals surface area contributed by atoms with Gasteiger partial charge in [0.2, 0.25) is 0 Å². The molecule has 0 aromatic carbocycles. The summed E-state index contributed by atoms with van der Waals surface area (Å²) in [6, 6.07) is 0. The lowest BCUT2D eigenvalue weighted by Crippen LogP contribution is -2.32. The predicted octanol–water partition coefficient (Wildman–Crippen LogP) is 0.380. The van der Waals surface area contributed by atoms with Gasteiger partial charge in [0.15, 0.2) is 0 Å². The average Bonchev–Trinajstić information content (AvgIpc) is 2.65. The van der Waals surface area contributed by atoms with Crippen molar-refractivity contribution in [2.24, 2.45) is 0 Å². The van der Waals surface area contributed by atoms with E-state index in [4.69, 9.17) is 33.2 Å². The lowest BCUT2D eigenvalue weighted by Gasteiger charge is -2.18. The fourth-order valence-electron chi connectivity index (χ4n) is 1.89. The van der Waals surface area contributed by atoms with Crippen molar-refractivity contribution in [3.8, 4) is 0 Å². The Morgan fingerprint density at radius 1 is 0.885 bits per heavy atom. The maximum atomic E-state index is 11.5. The maximum Gasteiger partial charge on any atom is 0.407 e. The first-order valence-electron chi connectivity index (χ1n) is 8.84. The van der Waals surface area contributed by atoms with E-state index in [-0.39, 0.29) is 19.3 Å². The molecule has 0 aliphatic carbocycles. The summed E-state index contributed by atoms with van der Waals surface area (Å²) in [6.45, 7) is 8.95. The van der Waals surface area contributed by atoms with Crippen LogP contribution in [0.4, 0.5) is 4.79 Å². The summed E-state index contributed by atoms with van der Waals surface area (Å²) >= 11 is 0. The molecule has 9 heteroatoms. The Morgan fingerprint density at radius 3 is 1.92 bits per heavy atom. The summed E-state index contributed by atoms with van der Waals surface area (Å²) in [5.41, 5.74) is 0. The highest BCUT2D eigenvalue weighted by Crippen LogP contribution is 1.97. The van der Waals surface area contributed by atoms with Crippen LogP contribution in [0, 0.1) is 0 Å². The number of nitrogens with one attached hydrogen (secondary N) is 1. The molecule has 1 atom stereocenters. The van der Waals surface area contributed by atoms with Crippen molar-refractivity contribution in [1.82, 2.24) is 5.32 Å². The Morgan fingerprint density at radius 2 is 1.38 bits per heavy atom. The average molecular weight is 377 g/mol. The number of amides is 1. The van der Waals surface area contributed by atoms with Crippen LogP contribution in [0.25, 0.3) is 0 Å². The highest BCUT2D eigenvalue weighted by atomic mass is 16.6. The van der Waals surface area contributed by atoms with Gasteiger partial charge in [0.05, 0.1) is 72.7 Å². The van der Waals surface area contributed by atoms with E-state index >= 15 is 0 Å². The van der Waals surface area contributed by atoms with Crippen LogP contribution in [0.2, 0.25) is 0 Å². The Bertz CT molecular complexity index is 338. The van der Waals surface area contributed by atoms with Gasteiger partial charge in [-0.25, -0.2) is 4.79 Å². The van der Waals surface area contributed by atoms with Gasteiger partial charge in [-0.05, 0) is 0 Å². The monoisotopic (exact) mass is 377 g/mol. The zero-order valence-electron chi connectivity index (χ0n) is 15.3. The molecule has 1 N–H and O–H groups in total. The first kappa shape index (κ1) is 22.8. The zero-order valence-corrected chi connectivity index (χ0v) is 15.3. The van der Waals surface area contributed by atoms with Gasteiger partial charge in [-0.2, -0.15) is 0 Å². The summed E-state index contributed by atoms with van der Waals surface area (Å²) in [5.74, 6) is 0. The molecule has 152 valence electrons. The zero-order chi connectivity index (χ0) is 18.7. The molecule has 26 heavy (non-hydrogen) atoms. The number of hydrogen-bond donors (Lipinski definition) is 1. The minimum absolute atomic E-state index is 0.0841. The smallest absolute Gasteiger partial charge is 0.407 e. The van der Waals surface area contributed by atoms with Crippen molar-refractivity contribution in [2.75, 3.05) is 85.8 Å². The SMILES string of the molecule is C=CCNC(=O)OCC1COCCOCCOCCOCCOCCO1. The minimum Gasteiger partial charge on any atom is -0.447 e. The van der Waals surface area contributed by atoms with Gasteiger partial charge in [0, 0.05) is 6.54 Å². The Kier molecular flexibility index (Phi) is 15.1. The molecule has 1 fully saturated rings. The number of carbonyl (C=O) groups is 1. The van der Waals surface area contributed by atoms with Crippen LogP contribution in [-0.4, -0.2) is 98.0 Å². The normalized spacial score (nSPS) is 22.5. The Labute approximate surface area is 154 Å². The molecule has 0 bridgehead atoms. The summed E-state index contributed by atoms with van der Waals surface area (Å²) in [4.78, 5) is 11.5. The third-order valence-electron chi connectivity index (χ3n) is 3.16. The van der Waals surface area contributed by atoms with Gasteiger partial charge in [-0.15, -0.1) is 6.58 Å². The van der Waals surface area contributed by atoms with Crippen LogP contribution in [0.3, 0.4) is 0 Å². The van der Waals surface area contributed by atoms with Crippen LogP contribution >= 0.6 is 0 Å². The third kappa shape index (κ3) is 14.0. The third-order valence-corrected chi connectivity index (χ3v) is 3.16. The first-order valence-corrected chi connectivity index (χ1v) is 8.84. The maximum absolute atomic E-state index is 11.5. The van der Waals surface area contributed by atoms with E-state index in [2.05, 4.69) is 11.9 Å². The first-order chi connectivity index (χ1) is 12.8. The Balaban J connectivity index is 2.29. The van der Waals surface area contributed by atoms with Gasteiger partial charge < -0.3 is 38.5 Å². The highest BCUT2D eigenvalue weighted by Gasteiger charge is 2.13. The standard InChI is InChI=1S/C17H31NO8/c1-2-3-18-17(19)26-15-16-14-24-11-10-22-7-6-20-4-5-21-8-9-23-12-13-25-16/h2,16H,1,3-15H2,(H,18,19). The number of hydrogen-bond acceptors (Lipinski definition) is 8. The van der Waals surface area contributed by atoms with Crippen molar-refractivity contribution >= 4 is 6.09 Å². The summed E-state index contributed by atoms with van der Waals surface area (Å²) in [5, 5.41) is 2.53. The number of alkyl carbamates (subject to hydrolysis) is 1. The molecular formula is C17H31NO8. The molecule has 1 amide bonds. The highest BCUT2D eigenvalue weighted by molar-refractivity contribution is 5.67. The summed E-state index contributed by atoms with van der Waals surface area (Å²) in [6.07, 6.45) is 0.667. The second kappa shape index (κ2) is 17.2. The topological polar surface area (TPSA) is 93.7 Å². The fourth-order valence-corrected chi connectivity index (χ4v) is 1.89. The quantitative estimate of drug-likeness (QED) is 0.703. The molecule has 0 radical (unpaired) electrons. The molecule has 1 aliphatic rings. The minimum atomic E-state index is -0.523. The van der Waals surface area contributed by atoms with E-state index in [1.807, 2.05) is 0 Å². The molecule has 1 heterocycles. The van der Waals surface area contributed by atoms with Crippen molar-refractivity contribution in [3.05, 3.63) is 12.7 Å². The van der Waals surface area contributed by atoms with E-state index in [0.29, 0.717) is 72.6 Å². The van der Waals surface area contributed by atoms with Gasteiger partial charge >= 0.3 is 6.09 Å². The molecule has 0 aromatic heterocycles.